The van der Waals surface area contributed by atoms with Crippen molar-refractivity contribution >= 4 is 37.8 Å². The number of nitrogens with zero attached hydrogens (tertiary/aromatic N) is 3. The molecule has 0 atom stereocenters. The van der Waals surface area contributed by atoms with Crippen molar-refractivity contribution in [1.29, 1.82) is 0 Å². The summed E-state index contributed by atoms with van der Waals surface area (Å²) >= 11 is -2.36. The van der Waals surface area contributed by atoms with Gasteiger partial charge in [-0.05, 0) is 0 Å². The van der Waals surface area contributed by atoms with E-state index >= 15 is 0 Å². The molecular weight excluding hydrogens is 401 g/mol. The SMILES string of the molecule is CCC[CH2][Sn]([CH2]CCC)([CH2]CCC)[S]c1nc(N)nc(N)n1. The van der Waals surface area contributed by atoms with Gasteiger partial charge in [-0.3, -0.25) is 0 Å². The Labute approximate surface area is 141 Å². The van der Waals surface area contributed by atoms with Crippen LogP contribution in [-0.2, 0) is 0 Å². The summed E-state index contributed by atoms with van der Waals surface area (Å²) in [4.78, 5) is 12.6. The van der Waals surface area contributed by atoms with E-state index < -0.39 is 17.0 Å². The van der Waals surface area contributed by atoms with Gasteiger partial charge in [0.15, 0.2) is 0 Å². The van der Waals surface area contributed by atoms with Gasteiger partial charge in [-0.15, -0.1) is 0 Å². The molecule has 1 rings (SSSR count). The van der Waals surface area contributed by atoms with Gasteiger partial charge in [-0.2, -0.15) is 0 Å². The van der Waals surface area contributed by atoms with E-state index in [1.54, 1.807) is 0 Å². The first kappa shape index (κ1) is 19.8. The first-order chi connectivity index (χ1) is 10.5. The van der Waals surface area contributed by atoms with Crippen LogP contribution in [0, 0.1) is 0 Å². The number of hydrogen-bond acceptors (Lipinski definition) is 6. The Morgan fingerprint density at radius 2 is 1.18 bits per heavy atom. The summed E-state index contributed by atoms with van der Waals surface area (Å²) in [5.41, 5.74) is 11.5. The molecule has 0 saturated heterocycles. The van der Waals surface area contributed by atoms with E-state index in [4.69, 9.17) is 11.5 Å². The van der Waals surface area contributed by atoms with E-state index in [1.807, 2.05) is 8.95 Å². The zero-order chi connectivity index (χ0) is 16.4. The topological polar surface area (TPSA) is 90.7 Å². The van der Waals surface area contributed by atoms with Gasteiger partial charge in [0, 0.05) is 0 Å². The second-order valence-electron chi connectivity index (χ2n) is 5.93. The third kappa shape index (κ3) is 6.89. The molecule has 0 amide bonds. The second-order valence-corrected chi connectivity index (χ2v) is 25.1. The van der Waals surface area contributed by atoms with Crippen molar-refractivity contribution in [2.24, 2.45) is 0 Å². The number of rotatable bonds is 11. The molecule has 126 valence electrons. The molecule has 5 nitrogen and oxygen atoms in total. The normalized spacial score (nSPS) is 11.8. The number of unbranched alkanes of at least 4 members (excludes halogenated alkanes) is 3. The number of nitrogen functional groups attached to an aromatic ring is 2. The molecule has 0 saturated carbocycles. The Kier molecular flexibility index (Phi) is 9.47. The van der Waals surface area contributed by atoms with E-state index in [1.165, 1.54) is 51.8 Å². The van der Waals surface area contributed by atoms with Crippen molar-refractivity contribution < 1.29 is 0 Å². The average molecular weight is 432 g/mol. The summed E-state index contributed by atoms with van der Waals surface area (Å²) in [6, 6.07) is 0. The zero-order valence-corrected chi connectivity index (χ0v) is 17.9. The van der Waals surface area contributed by atoms with Crippen LogP contribution in [0.3, 0.4) is 0 Å². The minimum absolute atomic E-state index is 0.247. The molecule has 0 aliphatic heterocycles. The Hall–Kier alpha value is -0.241. The number of anilines is 2. The standard InChI is InChI=1S/3C4H9.C3H5N5S.Sn/c3*1-3-4-2;4-1-6-2(5)8-3(9)7-1;/h3*1,3-4H2,2H3;(H5,4,5,6,7,8,9);/q;;;;+1/p-1. The van der Waals surface area contributed by atoms with Gasteiger partial charge in [-0.1, -0.05) is 0 Å². The van der Waals surface area contributed by atoms with Crippen LogP contribution in [0.4, 0.5) is 11.9 Å². The van der Waals surface area contributed by atoms with E-state index in [9.17, 15) is 0 Å². The first-order valence-corrected chi connectivity index (χ1v) is 18.9. The van der Waals surface area contributed by atoms with Gasteiger partial charge in [0.1, 0.15) is 0 Å². The van der Waals surface area contributed by atoms with Gasteiger partial charge >= 0.3 is 142 Å². The Balaban J connectivity index is 2.97. The summed E-state index contributed by atoms with van der Waals surface area (Å²) in [5.74, 6) is 0.494. The van der Waals surface area contributed by atoms with E-state index in [0.717, 1.165) is 5.16 Å². The fraction of sp³-hybridized carbons (Fsp3) is 0.800. The second kappa shape index (κ2) is 10.5. The van der Waals surface area contributed by atoms with Crippen LogP contribution in [0.2, 0.25) is 13.3 Å². The quantitative estimate of drug-likeness (QED) is 0.502. The van der Waals surface area contributed by atoms with E-state index in [-0.39, 0.29) is 11.9 Å². The van der Waals surface area contributed by atoms with Crippen molar-refractivity contribution in [3.8, 4) is 0 Å². The Morgan fingerprint density at radius 1 is 0.773 bits per heavy atom. The number of hydrogen-bond donors (Lipinski definition) is 2. The predicted molar refractivity (Wildman–Crippen MR) is 99.4 cm³/mol. The molecule has 0 unspecified atom stereocenters. The summed E-state index contributed by atoms with van der Waals surface area (Å²) in [7, 11) is 1.97. The molecule has 1 aromatic rings. The molecule has 0 aliphatic carbocycles. The van der Waals surface area contributed by atoms with Gasteiger partial charge in [0.25, 0.3) is 0 Å². The van der Waals surface area contributed by atoms with Crippen LogP contribution in [0.1, 0.15) is 59.3 Å². The van der Waals surface area contributed by atoms with Gasteiger partial charge in [0.05, 0.1) is 0 Å². The maximum atomic E-state index is 5.75. The Morgan fingerprint density at radius 3 is 1.55 bits per heavy atom. The van der Waals surface area contributed by atoms with E-state index in [0.29, 0.717) is 0 Å². The van der Waals surface area contributed by atoms with Crippen molar-refractivity contribution in [2.45, 2.75) is 77.8 Å². The van der Waals surface area contributed by atoms with Crippen LogP contribution in [0.5, 0.6) is 0 Å². The fourth-order valence-electron chi connectivity index (χ4n) is 2.65. The molecular formula is C15H31N5SSn. The third-order valence-corrected chi connectivity index (χ3v) is 24.9. The molecule has 0 radical (unpaired) electrons. The zero-order valence-electron chi connectivity index (χ0n) is 14.3. The van der Waals surface area contributed by atoms with Crippen LogP contribution in [0.15, 0.2) is 5.16 Å². The predicted octanol–water partition coefficient (Wildman–Crippen LogP) is 4.47. The summed E-state index contributed by atoms with van der Waals surface area (Å²) < 4.78 is 4.21. The summed E-state index contributed by atoms with van der Waals surface area (Å²) in [6.45, 7) is 6.83. The molecule has 0 fully saturated rings. The third-order valence-electron chi connectivity index (χ3n) is 3.92. The maximum absolute atomic E-state index is 5.75. The van der Waals surface area contributed by atoms with Crippen LogP contribution in [-0.4, -0.2) is 31.9 Å². The molecule has 7 heteroatoms. The molecule has 0 spiro atoms. The van der Waals surface area contributed by atoms with Gasteiger partial charge in [-0.25, -0.2) is 0 Å². The molecule has 1 heterocycles. The molecule has 0 aromatic carbocycles. The molecule has 4 N–H and O–H groups in total. The average Bonchev–Trinajstić information content (AvgIpc) is 2.47. The molecule has 0 bridgehead atoms. The van der Waals surface area contributed by atoms with Gasteiger partial charge < -0.3 is 0 Å². The number of aromatic nitrogens is 3. The van der Waals surface area contributed by atoms with Crippen LogP contribution >= 0.6 is 8.95 Å². The van der Waals surface area contributed by atoms with Gasteiger partial charge in [0.2, 0.25) is 0 Å². The molecule has 0 aliphatic rings. The van der Waals surface area contributed by atoms with Crippen LogP contribution < -0.4 is 11.5 Å². The monoisotopic (exact) mass is 433 g/mol. The van der Waals surface area contributed by atoms with Crippen molar-refractivity contribution in [3.05, 3.63) is 0 Å². The van der Waals surface area contributed by atoms with E-state index in [2.05, 4.69) is 35.7 Å². The fourth-order valence-corrected chi connectivity index (χ4v) is 23.9. The molecule has 22 heavy (non-hydrogen) atoms. The molecule has 1 aromatic heterocycles. The van der Waals surface area contributed by atoms with Crippen molar-refractivity contribution in [1.82, 2.24) is 15.0 Å². The van der Waals surface area contributed by atoms with Crippen LogP contribution in [0.25, 0.3) is 0 Å². The Bertz CT molecular complexity index is 402. The summed E-state index contributed by atoms with van der Waals surface area (Å²) in [6.07, 6.45) is 7.77. The minimum atomic E-state index is -2.36. The number of nitrogens with two attached hydrogens (primary N) is 2. The first-order valence-electron chi connectivity index (χ1n) is 8.51. The summed E-state index contributed by atoms with van der Waals surface area (Å²) in [5, 5.41) is 0.768. The van der Waals surface area contributed by atoms with Crippen molar-refractivity contribution in [3.63, 3.8) is 0 Å². The van der Waals surface area contributed by atoms with Crippen molar-refractivity contribution in [2.75, 3.05) is 11.5 Å².